The molecule has 2 rings (SSSR count). The quantitative estimate of drug-likeness (QED) is 0.724. The van der Waals surface area contributed by atoms with Crippen molar-refractivity contribution in [3.05, 3.63) is 35.9 Å². The van der Waals surface area contributed by atoms with E-state index in [-0.39, 0.29) is 30.4 Å². The van der Waals surface area contributed by atoms with Crippen LogP contribution in [-0.4, -0.2) is 54.2 Å². The number of likely N-dealkylation sites (tertiary alicyclic amines) is 1. The number of urea groups is 1. The standard InChI is InChI=1S/C19H26N2O5/c1-26-18(24)15-9-11-21(12-10-15)19(25)20-16(7-8-17(22)23)13-14-5-3-2-4-6-14/h2-6,15-16H,7-13H2,1H3,(H,20,25)(H,22,23). The Balaban J connectivity index is 1.91. The number of nitrogens with zero attached hydrogens (tertiary/aromatic N) is 1. The van der Waals surface area contributed by atoms with Gasteiger partial charge in [0.25, 0.3) is 0 Å². The summed E-state index contributed by atoms with van der Waals surface area (Å²) >= 11 is 0. The topological polar surface area (TPSA) is 95.9 Å². The number of nitrogens with one attached hydrogen (secondary N) is 1. The summed E-state index contributed by atoms with van der Waals surface area (Å²) < 4.78 is 4.76. The number of carbonyl (C=O) groups excluding carboxylic acids is 2. The van der Waals surface area contributed by atoms with Gasteiger partial charge in [-0.15, -0.1) is 0 Å². The number of carbonyl (C=O) groups is 3. The predicted octanol–water partition coefficient (Wildman–Crippen LogP) is 2.06. The molecule has 1 saturated heterocycles. The fourth-order valence-electron chi connectivity index (χ4n) is 3.17. The van der Waals surface area contributed by atoms with Crippen molar-refractivity contribution >= 4 is 18.0 Å². The Kier molecular flexibility index (Phi) is 7.44. The van der Waals surface area contributed by atoms with Crippen LogP contribution in [0.1, 0.15) is 31.2 Å². The van der Waals surface area contributed by atoms with Crippen molar-refractivity contribution in [1.82, 2.24) is 10.2 Å². The van der Waals surface area contributed by atoms with E-state index in [0.29, 0.717) is 38.8 Å². The molecule has 142 valence electrons. The van der Waals surface area contributed by atoms with Crippen LogP contribution in [0.3, 0.4) is 0 Å². The van der Waals surface area contributed by atoms with Crippen molar-refractivity contribution in [2.45, 2.75) is 38.1 Å². The van der Waals surface area contributed by atoms with Gasteiger partial charge >= 0.3 is 18.0 Å². The van der Waals surface area contributed by atoms with E-state index < -0.39 is 5.97 Å². The number of ether oxygens (including phenoxy) is 1. The van der Waals surface area contributed by atoms with E-state index >= 15 is 0 Å². The largest absolute Gasteiger partial charge is 0.481 e. The number of aliphatic carboxylic acids is 1. The third-order valence-corrected chi connectivity index (χ3v) is 4.68. The Hall–Kier alpha value is -2.57. The highest BCUT2D eigenvalue weighted by Gasteiger charge is 2.28. The predicted molar refractivity (Wildman–Crippen MR) is 95.6 cm³/mol. The first-order valence-electron chi connectivity index (χ1n) is 8.88. The minimum absolute atomic E-state index is 0.00218. The molecule has 0 bridgehead atoms. The number of esters is 1. The van der Waals surface area contributed by atoms with E-state index in [1.165, 1.54) is 7.11 Å². The minimum Gasteiger partial charge on any atom is -0.481 e. The number of rotatable bonds is 7. The van der Waals surface area contributed by atoms with Crippen molar-refractivity contribution in [1.29, 1.82) is 0 Å². The summed E-state index contributed by atoms with van der Waals surface area (Å²) in [6, 6.07) is 9.22. The first kappa shape index (κ1) is 19.8. The van der Waals surface area contributed by atoms with Gasteiger partial charge in [-0.2, -0.15) is 0 Å². The maximum Gasteiger partial charge on any atom is 0.317 e. The smallest absolute Gasteiger partial charge is 0.317 e. The van der Waals surface area contributed by atoms with E-state index in [1.54, 1.807) is 4.90 Å². The molecule has 0 radical (unpaired) electrons. The van der Waals surface area contributed by atoms with Gasteiger partial charge < -0.3 is 20.1 Å². The molecule has 2 N–H and O–H groups in total. The summed E-state index contributed by atoms with van der Waals surface area (Å²) in [5.74, 6) is -1.26. The Bertz CT molecular complexity index is 612. The maximum absolute atomic E-state index is 12.5. The zero-order chi connectivity index (χ0) is 18.9. The van der Waals surface area contributed by atoms with Crippen LogP contribution in [0.15, 0.2) is 30.3 Å². The number of methoxy groups -OCH3 is 1. The van der Waals surface area contributed by atoms with Gasteiger partial charge in [-0.1, -0.05) is 30.3 Å². The third kappa shape index (κ3) is 6.06. The zero-order valence-corrected chi connectivity index (χ0v) is 15.0. The Morgan fingerprint density at radius 2 is 1.88 bits per heavy atom. The summed E-state index contributed by atoms with van der Waals surface area (Å²) in [5.41, 5.74) is 1.05. The van der Waals surface area contributed by atoms with Gasteiger partial charge in [0.1, 0.15) is 0 Å². The molecule has 0 spiro atoms. The summed E-state index contributed by atoms with van der Waals surface area (Å²) in [6.07, 6.45) is 2.12. The fourth-order valence-corrected chi connectivity index (χ4v) is 3.17. The highest BCUT2D eigenvalue weighted by atomic mass is 16.5. The SMILES string of the molecule is COC(=O)C1CCN(C(=O)NC(CCC(=O)O)Cc2ccccc2)CC1. The molecule has 1 aliphatic heterocycles. The van der Waals surface area contributed by atoms with Gasteiger partial charge in [0.2, 0.25) is 0 Å². The van der Waals surface area contributed by atoms with Crippen molar-refractivity contribution in [2.75, 3.05) is 20.2 Å². The molecule has 0 aliphatic carbocycles. The van der Waals surface area contributed by atoms with Crippen LogP contribution in [0, 0.1) is 5.92 Å². The molecule has 1 aliphatic rings. The molecule has 0 saturated carbocycles. The first-order valence-corrected chi connectivity index (χ1v) is 8.88. The number of hydrogen-bond acceptors (Lipinski definition) is 4. The van der Waals surface area contributed by atoms with Gasteiger partial charge in [-0.3, -0.25) is 9.59 Å². The lowest BCUT2D eigenvalue weighted by Crippen LogP contribution is -2.49. The number of benzene rings is 1. The summed E-state index contributed by atoms with van der Waals surface area (Å²) in [5, 5.41) is 11.9. The Morgan fingerprint density at radius 1 is 1.23 bits per heavy atom. The second-order valence-electron chi connectivity index (χ2n) is 6.55. The number of hydrogen-bond donors (Lipinski definition) is 2. The lowest BCUT2D eigenvalue weighted by molar-refractivity contribution is -0.146. The monoisotopic (exact) mass is 362 g/mol. The highest BCUT2D eigenvalue weighted by molar-refractivity contribution is 5.76. The molecule has 26 heavy (non-hydrogen) atoms. The van der Waals surface area contributed by atoms with Gasteiger partial charge in [0.05, 0.1) is 13.0 Å². The van der Waals surface area contributed by atoms with Crippen molar-refractivity contribution in [3.8, 4) is 0 Å². The zero-order valence-electron chi connectivity index (χ0n) is 15.0. The third-order valence-electron chi connectivity index (χ3n) is 4.68. The minimum atomic E-state index is -0.879. The summed E-state index contributed by atoms with van der Waals surface area (Å²) in [6.45, 7) is 0.977. The molecule has 1 atom stereocenters. The van der Waals surface area contributed by atoms with Crippen LogP contribution in [0.5, 0.6) is 0 Å². The van der Waals surface area contributed by atoms with Crippen LogP contribution >= 0.6 is 0 Å². The normalized spacial score (nSPS) is 16.0. The van der Waals surface area contributed by atoms with Gasteiger partial charge in [-0.05, 0) is 31.2 Å². The van der Waals surface area contributed by atoms with E-state index in [0.717, 1.165) is 5.56 Å². The molecular weight excluding hydrogens is 336 g/mol. The van der Waals surface area contributed by atoms with Crippen molar-refractivity contribution < 1.29 is 24.2 Å². The first-order chi connectivity index (χ1) is 12.5. The number of piperidine rings is 1. The summed E-state index contributed by atoms with van der Waals surface area (Å²) in [4.78, 5) is 36.7. The lowest BCUT2D eigenvalue weighted by Gasteiger charge is -2.32. The summed E-state index contributed by atoms with van der Waals surface area (Å²) in [7, 11) is 1.37. The molecule has 1 aromatic rings. The second kappa shape index (κ2) is 9.79. The Morgan fingerprint density at radius 3 is 2.46 bits per heavy atom. The molecule has 0 aromatic heterocycles. The van der Waals surface area contributed by atoms with E-state index in [9.17, 15) is 14.4 Å². The van der Waals surface area contributed by atoms with E-state index in [2.05, 4.69) is 5.32 Å². The van der Waals surface area contributed by atoms with Crippen LogP contribution < -0.4 is 5.32 Å². The van der Waals surface area contributed by atoms with Crippen LogP contribution in [0.4, 0.5) is 4.79 Å². The molecule has 7 heteroatoms. The fraction of sp³-hybridized carbons (Fsp3) is 0.526. The molecular formula is C19H26N2O5. The van der Waals surface area contributed by atoms with Crippen molar-refractivity contribution in [2.24, 2.45) is 5.92 Å². The maximum atomic E-state index is 12.5. The van der Waals surface area contributed by atoms with Crippen LogP contribution in [0.25, 0.3) is 0 Å². The molecule has 7 nitrogen and oxygen atoms in total. The molecule has 1 aromatic carbocycles. The van der Waals surface area contributed by atoms with Crippen molar-refractivity contribution in [3.63, 3.8) is 0 Å². The second-order valence-corrected chi connectivity index (χ2v) is 6.55. The van der Waals surface area contributed by atoms with Gasteiger partial charge in [0.15, 0.2) is 0 Å². The van der Waals surface area contributed by atoms with Crippen LogP contribution in [-0.2, 0) is 20.7 Å². The number of carboxylic acid groups (broad SMARTS) is 1. The molecule has 1 heterocycles. The van der Waals surface area contributed by atoms with Gasteiger partial charge in [0, 0.05) is 25.6 Å². The highest BCUT2D eigenvalue weighted by Crippen LogP contribution is 2.19. The molecule has 1 unspecified atom stereocenters. The van der Waals surface area contributed by atoms with Crippen LogP contribution in [0.2, 0.25) is 0 Å². The molecule has 1 fully saturated rings. The van der Waals surface area contributed by atoms with E-state index in [1.807, 2.05) is 30.3 Å². The average Bonchev–Trinajstić information content (AvgIpc) is 2.66. The molecule has 2 amide bonds. The van der Waals surface area contributed by atoms with E-state index in [4.69, 9.17) is 9.84 Å². The number of amides is 2. The van der Waals surface area contributed by atoms with Gasteiger partial charge in [-0.25, -0.2) is 4.79 Å². The average molecular weight is 362 g/mol. The lowest BCUT2D eigenvalue weighted by atomic mass is 9.97. The Labute approximate surface area is 153 Å². The number of carboxylic acids is 1.